The maximum absolute atomic E-state index is 12.1. The second-order valence-corrected chi connectivity index (χ2v) is 5.31. The van der Waals surface area contributed by atoms with Crippen LogP contribution in [0.1, 0.15) is 6.42 Å². The van der Waals surface area contributed by atoms with Crippen molar-refractivity contribution in [2.75, 3.05) is 26.8 Å². The van der Waals surface area contributed by atoms with E-state index >= 15 is 0 Å². The summed E-state index contributed by atoms with van der Waals surface area (Å²) in [6.07, 6.45) is 0.145. The van der Waals surface area contributed by atoms with Crippen molar-refractivity contribution in [1.29, 1.82) is 0 Å². The molecule has 1 aromatic carbocycles. The van der Waals surface area contributed by atoms with Gasteiger partial charge in [-0.25, -0.2) is 0 Å². The number of ketones is 1. The fraction of sp³-hybridized carbons (Fsp3) is 0.400. The summed E-state index contributed by atoms with van der Waals surface area (Å²) in [6, 6.07) is 6.64. The molecule has 1 unspecified atom stereocenters. The van der Waals surface area contributed by atoms with Gasteiger partial charge in [0.05, 0.1) is 7.11 Å². The first-order valence-electron chi connectivity index (χ1n) is 6.78. The molecule has 0 aliphatic carbocycles. The van der Waals surface area contributed by atoms with Crippen molar-refractivity contribution < 1.29 is 23.9 Å². The first kappa shape index (κ1) is 16.3. The van der Waals surface area contributed by atoms with E-state index in [1.807, 2.05) is 0 Å². The van der Waals surface area contributed by atoms with Crippen molar-refractivity contribution in [3.05, 3.63) is 29.3 Å². The molecule has 1 aliphatic rings. The van der Waals surface area contributed by atoms with Gasteiger partial charge in [0.15, 0.2) is 12.4 Å². The van der Waals surface area contributed by atoms with Crippen LogP contribution in [0.3, 0.4) is 0 Å². The van der Waals surface area contributed by atoms with Crippen molar-refractivity contribution in [3.8, 4) is 5.75 Å². The van der Waals surface area contributed by atoms with Gasteiger partial charge in [0.2, 0.25) is 0 Å². The Hall–Kier alpha value is -2.08. The lowest BCUT2D eigenvalue weighted by atomic mass is 9.96. The summed E-state index contributed by atoms with van der Waals surface area (Å²) in [5, 5.41) is 0.578. The molecular weight excluding hydrogens is 310 g/mol. The van der Waals surface area contributed by atoms with Crippen LogP contribution in [0.5, 0.6) is 5.75 Å². The normalized spacial score (nSPS) is 18.0. The number of ether oxygens (including phenoxy) is 2. The van der Waals surface area contributed by atoms with E-state index in [-0.39, 0.29) is 37.8 Å². The second-order valence-electron chi connectivity index (χ2n) is 4.87. The van der Waals surface area contributed by atoms with Gasteiger partial charge >= 0.3 is 5.97 Å². The van der Waals surface area contributed by atoms with Crippen molar-refractivity contribution in [1.82, 2.24) is 4.90 Å². The molecule has 6 nitrogen and oxygen atoms in total. The zero-order valence-corrected chi connectivity index (χ0v) is 12.8. The summed E-state index contributed by atoms with van der Waals surface area (Å²) < 4.78 is 9.96. The highest BCUT2D eigenvalue weighted by molar-refractivity contribution is 6.30. The highest BCUT2D eigenvalue weighted by atomic mass is 35.5. The van der Waals surface area contributed by atoms with Crippen molar-refractivity contribution in [2.45, 2.75) is 6.42 Å². The maximum Gasteiger partial charge on any atom is 0.318 e. The third kappa shape index (κ3) is 3.98. The fourth-order valence-electron chi connectivity index (χ4n) is 2.17. The molecule has 0 radical (unpaired) electrons. The van der Waals surface area contributed by atoms with E-state index in [4.69, 9.17) is 16.3 Å². The molecule has 118 valence electrons. The fourth-order valence-corrected chi connectivity index (χ4v) is 2.30. The summed E-state index contributed by atoms with van der Waals surface area (Å²) in [4.78, 5) is 36.8. The minimum absolute atomic E-state index is 0.0360. The quantitative estimate of drug-likeness (QED) is 0.616. The first-order chi connectivity index (χ1) is 10.5. The van der Waals surface area contributed by atoms with E-state index in [0.717, 1.165) is 0 Å². The SMILES string of the molecule is COC(=O)C1CN(C(=O)COc2ccc(Cl)cc2)CCC1=O. The number of nitrogens with zero attached hydrogens (tertiary/aromatic N) is 1. The number of hydrogen-bond donors (Lipinski definition) is 0. The number of halogens is 1. The summed E-state index contributed by atoms with van der Waals surface area (Å²) in [7, 11) is 1.22. The van der Waals surface area contributed by atoms with Gasteiger partial charge in [-0.2, -0.15) is 0 Å². The van der Waals surface area contributed by atoms with Crippen LogP contribution in [0.25, 0.3) is 0 Å². The minimum Gasteiger partial charge on any atom is -0.484 e. The number of amides is 1. The van der Waals surface area contributed by atoms with Gasteiger partial charge in [0, 0.05) is 24.5 Å². The third-order valence-corrected chi connectivity index (χ3v) is 3.69. The molecule has 1 atom stereocenters. The lowest BCUT2D eigenvalue weighted by Crippen LogP contribution is -2.48. The Kier molecular flexibility index (Phi) is 5.38. The molecular formula is C15H16ClNO5. The zero-order valence-electron chi connectivity index (χ0n) is 12.1. The molecule has 1 aromatic rings. The third-order valence-electron chi connectivity index (χ3n) is 3.43. The summed E-state index contributed by atoms with van der Waals surface area (Å²) in [5.74, 6) is -1.47. The highest BCUT2D eigenvalue weighted by Gasteiger charge is 2.35. The number of carbonyl (C=O) groups excluding carboxylic acids is 3. The van der Waals surface area contributed by atoms with Crippen LogP contribution >= 0.6 is 11.6 Å². The van der Waals surface area contributed by atoms with E-state index < -0.39 is 11.9 Å². The van der Waals surface area contributed by atoms with Crippen molar-refractivity contribution >= 4 is 29.3 Å². The standard InChI is InChI=1S/C15H16ClNO5/c1-21-15(20)12-8-17(7-6-13(12)18)14(19)9-22-11-4-2-10(16)3-5-11/h2-5,12H,6-9H2,1H3. The monoisotopic (exact) mass is 325 g/mol. The Balaban J connectivity index is 1.90. The average Bonchev–Trinajstić information content (AvgIpc) is 2.53. The van der Waals surface area contributed by atoms with Crippen LogP contribution in [-0.4, -0.2) is 49.4 Å². The lowest BCUT2D eigenvalue weighted by Gasteiger charge is -2.30. The Morgan fingerprint density at radius 2 is 2.00 bits per heavy atom. The van der Waals surface area contributed by atoms with E-state index in [0.29, 0.717) is 10.8 Å². The lowest BCUT2D eigenvalue weighted by molar-refractivity contribution is -0.153. The van der Waals surface area contributed by atoms with Crippen LogP contribution in [0.2, 0.25) is 5.02 Å². The number of methoxy groups -OCH3 is 1. The molecule has 0 N–H and O–H groups in total. The molecule has 1 fully saturated rings. The molecule has 0 bridgehead atoms. The Morgan fingerprint density at radius 1 is 1.32 bits per heavy atom. The molecule has 2 rings (SSSR count). The molecule has 1 aliphatic heterocycles. The number of piperidine rings is 1. The molecule has 22 heavy (non-hydrogen) atoms. The Labute approximate surface area is 132 Å². The molecule has 0 spiro atoms. The molecule has 1 saturated heterocycles. The number of benzene rings is 1. The van der Waals surface area contributed by atoms with Crippen LogP contribution in [-0.2, 0) is 19.1 Å². The van der Waals surface area contributed by atoms with E-state index in [1.54, 1.807) is 24.3 Å². The number of esters is 1. The van der Waals surface area contributed by atoms with Gasteiger partial charge in [0.25, 0.3) is 5.91 Å². The van der Waals surface area contributed by atoms with Crippen molar-refractivity contribution in [3.63, 3.8) is 0 Å². The average molecular weight is 326 g/mol. The first-order valence-corrected chi connectivity index (χ1v) is 7.15. The Bertz CT molecular complexity index is 564. The highest BCUT2D eigenvalue weighted by Crippen LogP contribution is 2.17. The van der Waals surface area contributed by atoms with Crippen LogP contribution in [0.4, 0.5) is 0 Å². The molecule has 0 saturated carbocycles. The number of Topliss-reactive ketones (excluding diaryl/α,β-unsaturated/α-hetero) is 1. The van der Waals surface area contributed by atoms with Gasteiger partial charge in [0.1, 0.15) is 11.7 Å². The minimum atomic E-state index is -0.904. The van der Waals surface area contributed by atoms with Gasteiger partial charge in [-0.3, -0.25) is 14.4 Å². The molecule has 7 heteroatoms. The molecule has 1 heterocycles. The number of likely N-dealkylation sites (tertiary alicyclic amines) is 1. The van der Waals surface area contributed by atoms with Crippen LogP contribution in [0.15, 0.2) is 24.3 Å². The van der Waals surface area contributed by atoms with Gasteiger partial charge in [-0.15, -0.1) is 0 Å². The topological polar surface area (TPSA) is 72.9 Å². The van der Waals surface area contributed by atoms with Crippen LogP contribution < -0.4 is 4.74 Å². The number of rotatable bonds is 4. The predicted molar refractivity (Wildman–Crippen MR) is 78.7 cm³/mol. The van der Waals surface area contributed by atoms with E-state index in [1.165, 1.54) is 12.0 Å². The number of carbonyl (C=O) groups is 3. The molecule has 1 amide bonds. The van der Waals surface area contributed by atoms with E-state index in [9.17, 15) is 14.4 Å². The smallest absolute Gasteiger partial charge is 0.318 e. The van der Waals surface area contributed by atoms with Crippen LogP contribution in [0, 0.1) is 5.92 Å². The summed E-state index contributed by atoms with van der Waals surface area (Å²) in [6.45, 7) is 0.160. The molecule has 0 aromatic heterocycles. The van der Waals surface area contributed by atoms with Gasteiger partial charge < -0.3 is 14.4 Å². The van der Waals surface area contributed by atoms with Gasteiger partial charge in [-0.05, 0) is 24.3 Å². The number of hydrogen-bond acceptors (Lipinski definition) is 5. The largest absolute Gasteiger partial charge is 0.484 e. The van der Waals surface area contributed by atoms with E-state index in [2.05, 4.69) is 4.74 Å². The predicted octanol–water partition coefficient (Wildman–Crippen LogP) is 1.31. The Morgan fingerprint density at radius 3 is 2.64 bits per heavy atom. The maximum atomic E-state index is 12.1. The van der Waals surface area contributed by atoms with Gasteiger partial charge in [-0.1, -0.05) is 11.6 Å². The second kappa shape index (κ2) is 7.26. The zero-order chi connectivity index (χ0) is 16.1. The van der Waals surface area contributed by atoms with Crippen molar-refractivity contribution in [2.24, 2.45) is 5.92 Å². The summed E-state index contributed by atoms with van der Waals surface area (Å²) >= 11 is 5.76. The summed E-state index contributed by atoms with van der Waals surface area (Å²) in [5.41, 5.74) is 0.